The molecule has 118 valence electrons. The maximum atomic E-state index is 13.0. The monoisotopic (exact) mass is 382 g/mol. The van der Waals surface area contributed by atoms with Gasteiger partial charge in [-0.25, -0.2) is 0 Å². The minimum Gasteiger partial charge on any atom is -0.440 e. The molecule has 0 unspecified atom stereocenters. The first-order chi connectivity index (χ1) is 11.5. The van der Waals surface area contributed by atoms with Gasteiger partial charge in [0.1, 0.15) is 22.8 Å². The lowest BCUT2D eigenvalue weighted by Crippen LogP contribution is -2.42. The van der Waals surface area contributed by atoms with Crippen LogP contribution in [0, 0.1) is 11.3 Å². The molecule has 1 spiro atoms. The Balaban J connectivity index is 2.16. The number of hydrogen-bond acceptors (Lipinski definition) is 5. The van der Waals surface area contributed by atoms with E-state index in [0.717, 1.165) is 4.47 Å². The lowest BCUT2D eigenvalue weighted by atomic mass is 9.69. The summed E-state index contributed by atoms with van der Waals surface area (Å²) in [4.78, 5) is 13.0. The van der Waals surface area contributed by atoms with Crippen molar-refractivity contribution in [1.82, 2.24) is 0 Å². The summed E-state index contributed by atoms with van der Waals surface area (Å²) in [6.07, 6.45) is 0. The second-order valence-electron chi connectivity index (χ2n) is 5.60. The number of amides is 1. The first kappa shape index (κ1) is 14.6. The maximum absolute atomic E-state index is 13.0. The highest BCUT2D eigenvalue weighted by molar-refractivity contribution is 9.10. The van der Waals surface area contributed by atoms with Gasteiger partial charge in [0.05, 0.1) is 0 Å². The molecule has 0 bridgehead atoms. The van der Waals surface area contributed by atoms with E-state index in [1.165, 1.54) is 0 Å². The number of carbonyl (C=O) groups excluding carboxylic acids is 1. The van der Waals surface area contributed by atoms with E-state index in [4.69, 9.17) is 16.2 Å². The quantitative estimate of drug-likeness (QED) is 0.605. The second-order valence-corrected chi connectivity index (χ2v) is 6.52. The van der Waals surface area contributed by atoms with Gasteiger partial charge in [0.2, 0.25) is 11.8 Å². The molecule has 1 amide bonds. The van der Waals surface area contributed by atoms with Crippen LogP contribution in [0.2, 0.25) is 0 Å². The van der Waals surface area contributed by atoms with Gasteiger partial charge in [-0.1, -0.05) is 22.0 Å². The number of nitrogens with two attached hydrogens (primary N) is 2. The summed E-state index contributed by atoms with van der Waals surface area (Å²) in [6, 6.07) is 12.4. The third-order valence-electron chi connectivity index (χ3n) is 4.34. The van der Waals surface area contributed by atoms with Crippen molar-refractivity contribution < 1.29 is 9.53 Å². The zero-order valence-electron chi connectivity index (χ0n) is 12.3. The van der Waals surface area contributed by atoms with Crippen LogP contribution in [0.3, 0.4) is 0 Å². The van der Waals surface area contributed by atoms with Crippen LogP contribution in [0.5, 0.6) is 5.75 Å². The van der Waals surface area contributed by atoms with E-state index in [9.17, 15) is 10.1 Å². The Hall–Kier alpha value is -2.98. The highest BCUT2D eigenvalue weighted by Gasteiger charge is 2.56. The molecule has 5 N–H and O–H groups in total. The van der Waals surface area contributed by atoms with Gasteiger partial charge in [0.25, 0.3) is 0 Å². The van der Waals surface area contributed by atoms with Crippen LogP contribution in [-0.2, 0) is 10.2 Å². The van der Waals surface area contributed by atoms with Crippen LogP contribution in [0.1, 0.15) is 11.1 Å². The van der Waals surface area contributed by atoms with Gasteiger partial charge in [-0.2, -0.15) is 5.26 Å². The Bertz CT molecular complexity index is 993. The van der Waals surface area contributed by atoms with Crippen LogP contribution in [-0.4, -0.2) is 5.91 Å². The number of anilines is 2. The lowest BCUT2D eigenvalue weighted by molar-refractivity contribution is -0.118. The number of nitrogens with one attached hydrogen (secondary N) is 1. The molecule has 0 radical (unpaired) electrons. The highest BCUT2D eigenvalue weighted by atomic mass is 79.9. The number of nitrogen functional groups attached to an aromatic ring is 1. The molecule has 0 saturated carbocycles. The maximum Gasteiger partial charge on any atom is 0.245 e. The Kier molecular flexibility index (Phi) is 2.89. The Morgan fingerprint density at radius 3 is 2.71 bits per heavy atom. The minimum absolute atomic E-state index is 0.0640. The molecule has 7 heteroatoms. The standard InChI is InChI=1S/C17H11BrN4O2/c18-8-1-4-13-11(5-8)17(16(23)22-13)10-3-2-9(20)6-14(10)24-15(21)12(17)7-19/h1-6H,20-21H2,(H,22,23)/t17-/m1/s1. The zero-order chi connectivity index (χ0) is 17.1. The molecular formula is C17H11BrN4O2. The summed E-state index contributed by atoms with van der Waals surface area (Å²) in [5, 5.41) is 12.5. The van der Waals surface area contributed by atoms with E-state index < -0.39 is 5.41 Å². The van der Waals surface area contributed by atoms with Crippen molar-refractivity contribution in [1.29, 1.82) is 5.26 Å². The van der Waals surface area contributed by atoms with Crippen LogP contribution >= 0.6 is 15.9 Å². The number of rotatable bonds is 0. The largest absolute Gasteiger partial charge is 0.440 e. The van der Waals surface area contributed by atoms with E-state index in [-0.39, 0.29) is 17.4 Å². The number of carbonyl (C=O) groups is 1. The van der Waals surface area contributed by atoms with Gasteiger partial charge in [-0.15, -0.1) is 0 Å². The molecule has 2 aromatic rings. The third-order valence-corrected chi connectivity index (χ3v) is 4.83. The predicted octanol–water partition coefficient (Wildman–Crippen LogP) is 2.36. The predicted molar refractivity (Wildman–Crippen MR) is 91.9 cm³/mol. The van der Waals surface area contributed by atoms with Crippen molar-refractivity contribution in [2.75, 3.05) is 11.1 Å². The van der Waals surface area contributed by atoms with Gasteiger partial charge in [0.15, 0.2) is 0 Å². The third kappa shape index (κ3) is 1.66. The summed E-state index contributed by atoms with van der Waals surface area (Å²) >= 11 is 3.42. The van der Waals surface area contributed by atoms with E-state index in [2.05, 4.69) is 27.3 Å². The van der Waals surface area contributed by atoms with Crippen molar-refractivity contribution in [2.45, 2.75) is 5.41 Å². The lowest BCUT2D eigenvalue weighted by Gasteiger charge is -2.33. The number of hydrogen-bond donors (Lipinski definition) is 3. The topological polar surface area (TPSA) is 114 Å². The zero-order valence-corrected chi connectivity index (χ0v) is 13.8. The van der Waals surface area contributed by atoms with Crippen LogP contribution in [0.4, 0.5) is 11.4 Å². The molecule has 2 aliphatic rings. The number of fused-ring (bicyclic) bond motifs is 4. The van der Waals surface area contributed by atoms with Crippen molar-refractivity contribution in [2.24, 2.45) is 5.73 Å². The Morgan fingerprint density at radius 2 is 1.96 bits per heavy atom. The molecule has 2 aliphatic heterocycles. The molecule has 2 aromatic carbocycles. The number of benzene rings is 2. The van der Waals surface area contributed by atoms with Crippen LogP contribution < -0.4 is 21.5 Å². The molecule has 4 rings (SSSR count). The van der Waals surface area contributed by atoms with Crippen molar-refractivity contribution in [3.8, 4) is 11.8 Å². The van der Waals surface area contributed by atoms with Gasteiger partial charge in [-0.3, -0.25) is 4.79 Å². The molecule has 24 heavy (non-hydrogen) atoms. The average molecular weight is 383 g/mol. The van der Waals surface area contributed by atoms with E-state index in [0.29, 0.717) is 28.3 Å². The first-order valence-electron chi connectivity index (χ1n) is 7.08. The Morgan fingerprint density at radius 1 is 1.17 bits per heavy atom. The molecule has 6 nitrogen and oxygen atoms in total. The minimum atomic E-state index is -1.35. The smallest absolute Gasteiger partial charge is 0.245 e. The molecular weight excluding hydrogens is 372 g/mol. The summed E-state index contributed by atoms with van der Waals surface area (Å²) in [5.41, 5.74) is 12.8. The van der Waals surface area contributed by atoms with Crippen molar-refractivity contribution in [3.05, 3.63) is 63.5 Å². The molecule has 0 fully saturated rings. The highest BCUT2D eigenvalue weighted by Crippen LogP contribution is 2.53. The fourth-order valence-corrected chi connectivity index (χ4v) is 3.71. The van der Waals surface area contributed by atoms with Gasteiger partial charge in [0, 0.05) is 33.0 Å². The van der Waals surface area contributed by atoms with Gasteiger partial charge in [-0.05, 0) is 24.3 Å². The second kappa shape index (κ2) is 4.76. The van der Waals surface area contributed by atoms with Crippen LogP contribution in [0.15, 0.2) is 52.3 Å². The number of ether oxygens (including phenoxy) is 1. The van der Waals surface area contributed by atoms with E-state index >= 15 is 0 Å². The summed E-state index contributed by atoms with van der Waals surface area (Å²) < 4.78 is 6.35. The molecule has 0 saturated heterocycles. The van der Waals surface area contributed by atoms with Gasteiger partial charge < -0.3 is 21.5 Å². The SMILES string of the molecule is N#CC1=C(N)Oc2cc(N)ccc2[C@]12C(=O)Nc1ccc(Br)cc12. The molecule has 0 aliphatic carbocycles. The van der Waals surface area contributed by atoms with E-state index in [1.54, 1.807) is 24.3 Å². The Labute approximate surface area is 145 Å². The number of nitriles is 1. The summed E-state index contributed by atoms with van der Waals surface area (Å²) in [5.74, 6) is -0.0718. The van der Waals surface area contributed by atoms with Crippen LogP contribution in [0.25, 0.3) is 0 Å². The van der Waals surface area contributed by atoms with Crippen molar-refractivity contribution in [3.63, 3.8) is 0 Å². The normalized spacial score (nSPS) is 20.9. The summed E-state index contributed by atoms with van der Waals surface area (Å²) in [6.45, 7) is 0. The number of halogens is 1. The first-order valence-corrected chi connectivity index (χ1v) is 7.87. The molecule has 2 heterocycles. The molecule has 1 atom stereocenters. The molecule has 0 aromatic heterocycles. The fraction of sp³-hybridized carbons (Fsp3) is 0.0588. The van der Waals surface area contributed by atoms with Crippen molar-refractivity contribution >= 4 is 33.2 Å². The van der Waals surface area contributed by atoms with Gasteiger partial charge >= 0.3 is 0 Å². The fourth-order valence-electron chi connectivity index (χ4n) is 3.35. The van der Waals surface area contributed by atoms with E-state index in [1.807, 2.05) is 12.1 Å². The summed E-state index contributed by atoms with van der Waals surface area (Å²) in [7, 11) is 0. The average Bonchev–Trinajstić information content (AvgIpc) is 2.81. The number of nitrogens with zero attached hydrogens (tertiary/aromatic N) is 1.